The quantitative estimate of drug-likeness (QED) is 0.895. The van der Waals surface area contributed by atoms with Crippen molar-refractivity contribution < 1.29 is 9.53 Å². The predicted molar refractivity (Wildman–Crippen MR) is 96.3 cm³/mol. The molecule has 0 bridgehead atoms. The molecule has 0 aliphatic carbocycles. The molecule has 1 N–H and O–H groups in total. The van der Waals surface area contributed by atoms with Crippen molar-refractivity contribution in [1.29, 1.82) is 0 Å². The zero-order valence-electron chi connectivity index (χ0n) is 14.5. The first-order chi connectivity index (χ1) is 10.8. The monoisotopic (exact) mass is 338 g/mol. The standard InChI is InChI=1S/C18H27ClN2O2/c1-13(18(2,3)4)11-17(22)20-15-12-14(19)5-6-16(15)21-7-9-23-10-8-21/h5-6,12-13H,7-11H2,1-4H3,(H,20,22). The van der Waals surface area contributed by atoms with Gasteiger partial charge in [-0.25, -0.2) is 0 Å². The number of nitrogens with zero attached hydrogens (tertiary/aromatic N) is 1. The van der Waals surface area contributed by atoms with Crippen molar-refractivity contribution >= 4 is 28.9 Å². The summed E-state index contributed by atoms with van der Waals surface area (Å²) in [5, 5.41) is 3.67. The minimum atomic E-state index is 0.0317. The molecule has 1 aliphatic heterocycles. The van der Waals surface area contributed by atoms with Gasteiger partial charge in [-0.05, 0) is 29.5 Å². The largest absolute Gasteiger partial charge is 0.378 e. The fourth-order valence-electron chi connectivity index (χ4n) is 2.47. The zero-order chi connectivity index (χ0) is 17.0. The molecule has 0 spiro atoms. The van der Waals surface area contributed by atoms with Crippen molar-refractivity contribution in [3.05, 3.63) is 23.2 Å². The van der Waals surface area contributed by atoms with E-state index in [0.717, 1.165) is 24.5 Å². The topological polar surface area (TPSA) is 41.6 Å². The third kappa shape index (κ3) is 5.11. The van der Waals surface area contributed by atoms with Gasteiger partial charge in [-0.15, -0.1) is 0 Å². The molecular formula is C18H27ClN2O2. The summed E-state index contributed by atoms with van der Waals surface area (Å²) < 4.78 is 5.40. The second-order valence-electron chi connectivity index (χ2n) is 7.28. The summed E-state index contributed by atoms with van der Waals surface area (Å²) >= 11 is 6.12. The van der Waals surface area contributed by atoms with Crippen molar-refractivity contribution in [2.24, 2.45) is 11.3 Å². The maximum Gasteiger partial charge on any atom is 0.224 e. The Labute approximate surface area is 144 Å². The van der Waals surface area contributed by atoms with Crippen LogP contribution < -0.4 is 10.2 Å². The van der Waals surface area contributed by atoms with E-state index in [1.54, 1.807) is 0 Å². The number of benzene rings is 1. The molecule has 5 heteroatoms. The van der Waals surface area contributed by atoms with Crippen LogP contribution in [0.15, 0.2) is 18.2 Å². The van der Waals surface area contributed by atoms with E-state index in [1.807, 2.05) is 18.2 Å². The second-order valence-corrected chi connectivity index (χ2v) is 7.72. The maximum atomic E-state index is 12.4. The lowest BCUT2D eigenvalue weighted by Gasteiger charge is -2.31. The highest BCUT2D eigenvalue weighted by atomic mass is 35.5. The van der Waals surface area contributed by atoms with Crippen LogP contribution >= 0.6 is 11.6 Å². The third-order valence-corrected chi connectivity index (χ3v) is 4.79. The summed E-state index contributed by atoms with van der Waals surface area (Å²) in [6.07, 6.45) is 0.499. The number of nitrogens with one attached hydrogen (secondary N) is 1. The summed E-state index contributed by atoms with van der Waals surface area (Å²) in [6.45, 7) is 11.6. The Bertz CT molecular complexity index is 548. The molecule has 23 heavy (non-hydrogen) atoms. The van der Waals surface area contributed by atoms with E-state index >= 15 is 0 Å². The van der Waals surface area contributed by atoms with Crippen LogP contribution in [0, 0.1) is 11.3 Å². The summed E-state index contributed by atoms with van der Waals surface area (Å²) in [5.41, 5.74) is 1.90. The van der Waals surface area contributed by atoms with Gasteiger partial charge in [0.15, 0.2) is 0 Å². The molecule has 4 nitrogen and oxygen atoms in total. The molecule has 0 saturated carbocycles. The number of morpholine rings is 1. The molecule has 1 aliphatic rings. The average Bonchev–Trinajstić information content (AvgIpc) is 2.47. The third-order valence-electron chi connectivity index (χ3n) is 4.55. The van der Waals surface area contributed by atoms with Gasteiger partial charge in [-0.2, -0.15) is 0 Å². The number of hydrogen-bond donors (Lipinski definition) is 1. The van der Waals surface area contributed by atoms with Crippen molar-refractivity contribution in [2.75, 3.05) is 36.5 Å². The van der Waals surface area contributed by atoms with Crippen LogP contribution in [0.2, 0.25) is 5.02 Å². The lowest BCUT2D eigenvalue weighted by molar-refractivity contribution is -0.117. The first-order valence-corrected chi connectivity index (χ1v) is 8.57. The van der Waals surface area contributed by atoms with Crippen LogP contribution in [0.25, 0.3) is 0 Å². The van der Waals surface area contributed by atoms with Gasteiger partial charge >= 0.3 is 0 Å². The van der Waals surface area contributed by atoms with Gasteiger partial charge in [0.2, 0.25) is 5.91 Å². The first-order valence-electron chi connectivity index (χ1n) is 8.19. The molecule has 1 heterocycles. The molecule has 2 rings (SSSR count). The van der Waals surface area contributed by atoms with Gasteiger partial charge in [0.05, 0.1) is 24.6 Å². The Hall–Kier alpha value is -1.26. The molecule has 1 aromatic rings. The van der Waals surface area contributed by atoms with E-state index in [1.165, 1.54) is 0 Å². The SMILES string of the molecule is CC(CC(=O)Nc1cc(Cl)ccc1N1CCOCC1)C(C)(C)C. The molecule has 1 amide bonds. The van der Waals surface area contributed by atoms with Crippen molar-refractivity contribution in [2.45, 2.75) is 34.1 Å². The number of carbonyl (C=O) groups is 1. The number of amides is 1. The molecule has 1 aromatic carbocycles. The van der Waals surface area contributed by atoms with Crippen LogP contribution in [0.3, 0.4) is 0 Å². The number of ether oxygens (including phenoxy) is 1. The Balaban J connectivity index is 2.11. The molecular weight excluding hydrogens is 312 g/mol. The molecule has 0 aromatic heterocycles. The highest BCUT2D eigenvalue weighted by Gasteiger charge is 2.23. The fourth-order valence-corrected chi connectivity index (χ4v) is 2.65. The molecule has 1 saturated heterocycles. The van der Waals surface area contributed by atoms with Crippen molar-refractivity contribution in [3.63, 3.8) is 0 Å². The second kappa shape index (κ2) is 7.54. The lowest BCUT2D eigenvalue weighted by Crippen LogP contribution is -2.36. The van der Waals surface area contributed by atoms with Crippen LogP contribution in [0.1, 0.15) is 34.1 Å². The van der Waals surface area contributed by atoms with Crippen molar-refractivity contribution in [3.8, 4) is 0 Å². The number of carbonyl (C=O) groups excluding carboxylic acids is 1. The van der Waals surface area contributed by atoms with E-state index in [0.29, 0.717) is 30.6 Å². The maximum absolute atomic E-state index is 12.4. The van der Waals surface area contributed by atoms with Gasteiger partial charge in [-0.3, -0.25) is 4.79 Å². The van der Waals surface area contributed by atoms with Crippen molar-refractivity contribution in [1.82, 2.24) is 0 Å². The average molecular weight is 339 g/mol. The summed E-state index contributed by atoms with van der Waals surface area (Å²) in [4.78, 5) is 14.6. The molecule has 0 radical (unpaired) electrons. The zero-order valence-corrected chi connectivity index (χ0v) is 15.2. The van der Waals surface area contributed by atoms with E-state index < -0.39 is 0 Å². The Kier molecular flexibility index (Phi) is 5.93. The Morgan fingerprint density at radius 2 is 2.00 bits per heavy atom. The first kappa shape index (κ1) is 18.1. The summed E-state index contributed by atoms with van der Waals surface area (Å²) in [5.74, 6) is 0.331. The molecule has 1 atom stereocenters. The predicted octanol–water partition coefficient (Wildman–Crippen LogP) is 4.19. The van der Waals surface area contributed by atoms with Crippen LogP contribution in [0.5, 0.6) is 0 Å². The van der Waals surface area contributed by atoms with Gasteiger partial charge in [0.25, 0.3) is 0 Å². The number of halogens is 1. The minimum absolute atomic E-state index is 0.0317. The smallest absolute Gasteiger partial charge is 0.224 e. The van der Waals surface area contributed by atoms with Gasteiger partial charge in [0, 0.05) is 24.5 Å². The molecule has 128 valence electrons. The number of rotatable bonds is 4. The van der Waals surface area contributed by atoms with E-state index in [9.17, 15) is 4.79 Å². The number of anilines is 2. The lowest BCUT2D eigenvalue weighted by atomic mass is 9.80. The van der Waals surface area contributed by atoms with E-state index in [4.69, 9.17) is 16.3 Å². The minimum Gasteiger partial charge on any atom is -0.378 e. The molecule has 1 fully saturated rings. The van der Waals surface area contributed by atoms with Crippen LogP contribution in [-0.4, -0.2) is 32.2 Å². The highest BCUT2D eigenvalue weighted by Crippen LogP contribution is 2.32. The summed E-state index contributed by atoms with van der Waals surface area (Å²) in [6, 6.07) is 5.66. The van der Waals surface area contributed by atoms with Crippen LogP contribution in [-0.2, 0) is 9.53 Å². The van der Waals surface area contributed by atoms with Gasteiger partial charge < -0.3 is 15.0 Å². The highest BCUT2D eigenvalue weighted by molar-refractivity contribution is 6.31. The Morgan fingerprint density at radius 3 is 2.61 bits per heavy atom. The number of hydrogen-bond acceptors (Lipinski definition) is 3. The Morgan fingerprint density at radius 1 is 1.35 bits per heavy atom. The van der Waals surface area contributed by atoms with E-state index in [-0.39, 0.29) is 11.3 Å². The molecule has 1 unspecified atom stereocenters. The summed E-state index contributed by atoms with van der Waals surface area (Å²) in [7, 11) is 0. The van der Waals surface area contributed by atoms with Gasteiger partial charge in [-0.1, -0.05) is 39.3 Å². The fraction of sp³-hybridized carbons (Fsp3) is 0.611. The van der Waals surface area contributed by atoms with Gasteiger partial charge in [0.1, 0.15) is 0 Å². The van der Waals surface area contributed by atoms with Crippen LogP contribution in [0.4, 0.5) is 11.4 Å². The normalized spacial score (nSPS) is 17.0. The van der Waals surface area contributed by atoms with E-state index in [2.05, 4.69) is 37.9 Å².